The molecule has 48 heavy (non-hydrogen) atoms. The van der Waals surface area contributed by atoms with Crippen LogP contribution in [0.3, 0.4) is 0 Å². The van der Waals surface area contributed by atoms with E-state index in [1.54, 1.807) is 24.3 Å². The van der Waals surface area contributed by atoms with Gasteiger partial charge in [0.25, 0.3) is 5.69 Å². The second kappa shape index (κ2) is 18.2. The van der Waals surface area contributed by atoms with E-state index in [1.807, 2.05) is 24.3 Å². The van der Waals surface area contributed by atoms with Crippen LogP contribution in [-0.2, 0) is 20.7 Å². The van der Waals surface area contributed by atoms with Crippen molar-refractivity contribution >= 4 is 40.7 Å². The van der Waals surface area contributed by atoms with Crippen molar-refractivity contribution in [2.45, 2.75) is 57.4 Å². The highest BCUT2D eigenvalue weighted by Gasteiger charge is 2.23. The molecule has 1 aliphatic carbocycles. The number of carbonyl (C=O) groups excluding carboxylic acids is 1. The molecule has 0 amide bonds. The number of ketones is 1. The molecule has 1 saturated heterocycles. The summed E-state index contributed by atoms with van der Waals surface area (Å²) in [5, 5.41) is 17.9. The van der Waals surface area contributed by atoms with E-state index < -0.39 is 0 Å². The van der Waals surface area contributed by atoms with E-state index >= 15 is 0 Å². The summed E-state index contributed by atoms with van der Waals surface area (Å²) in [6.45, 7) is 5.42. The van der Waals surface area contributed by atoms with Crippen LogP contribution in [0.4, 0.5) is 34.9 Å². The number of aromatic nitrogens is 3. The van der Waals surface area contributed by atoms with E-state index in [9.17, 15) is 14.9 Å². The van der Waals surface area contributed by atoms with Gasteiger partial charge in [0.2, 0.25) is 17.8 Å². The number of hydrogen-bond acceptors (Lipinski definition) is 13. The average Bonchev–Trinajstić information content (AvgIpc) is 3.11. The van der Waals surface area contributed by atoms with Crippen LogP contribution in [0.1, 0.15) is 50.5 Å². The molecule has 1 aromatic heterocycles. The Labute approximate surface area is 281 Å². The third kappa shape index (κ3) is 10.8. The van der Waals surface area contributed by atoms with E-state index in [0.29, 0.717) is 89.2 Å². The molecule has 3 aromatic rings. The maximum atomic E-state index is 12.5. The van der Waals surface area contributed by atoms with Gasteiger partial charge in [0.1, 0.15) is 5.78 Å². The number of benzene rings is 2. The fraction of sp³-hybridized carbons (Fsp3) is 0.529. The molecule has 2 aromatic carbocycles. The summed E-state index contributed by atoms with van der Waals surface area (Å²) < 4.78 is 10.8. The molecule has 5 rings (SSSR count). The Bertz CT molecular complexity index is 1440. The third-order valence-electron chi connectivity index (χ3n) is 8.54. The van der Waals surface area contributed by atoms with Crippen LogP contribution in [0, 0.1) is 10.1 Å². The van der Waals surface area contributed by atoms with Crippen molar-refractivity contribution in [3.8, 4) is 0 Å². The minimum Gasteiger partial charge on any atom is -0.379 e. The molecule has 14 nitrogen and oxygen atoms in total. The number of nitro benzene ring substituents is 1. The van der Waals surface area contributed by atoms with Crippen LogP contribution >= 0.6 is 0 Å². The summed E-state index contributed by atoms with van der Waals surface area (Å²) in [5.74, 6) is 1.78. The molecule has 4 N–H and O–H groups in total. The van der Waals surface area contributed by atoms with E-state index in [2.05, 4.69) is 20.4 Å². The summed E-state index contributed by atoms with van der Waals surface area (Å²) in [5.41, 5.74) is 8.20. The number of nitro groups is 1. The number of nitrogens with two attached hydrogens (primary N) is 1. The van der Waals surface area contributed by atoms with Gasteiger partial charge in [0, 0.05) is 81.7 Å². The number of non-ortho nitro benzene ring substituents is 1. The molecular weight excluding hydrogens is 614 g/mol. The Hall–Kier alpha value is -4.40. The Morgan fingerprint density at radius 1 is 0.854 bits per heavy atom. The number of piperazine rings is 1. The zero-order valence-electron chi connectivity index (χ0n) is 27.5. The lowest BCUT2D eigenvalue weighted by Crippen LogP contribution is -2.47. The Morgan fingerprint density at radius 3 is 2.21 bits per heavy atom. The Balaban J connectivity index is 1.17. The van der Waals surface area contributed by atoms with Crippen molar-refractivity contribution in [3.63, 3.8) is 0 Å². The average molecular weight is 662 g/mol. The first-order valence-corrected chi connectivity index (χ1v) is 17.0. The normalized spacial score (nSPS) is 15.4. The van der Waals surface area contributed by atoms with Crippen molar-refractivity contribution in [1.29, 1.82) is 0 Å². The standard InChI is InChI=1S/C34H47N9O5/c35-16-22-48-24-23-47-21-4-7-31(44)25-26-8-10-28(11-9-26)37-33-38-32(36-27-5-2-1-3-6-27)39-34(40-33)42-19-17-41(18-20-42)29-12-14-30(15-13-29)43(45)46/h8-15,27H,1-7,16-25,35H2,(H2,36,37,38,39,40). The first kappa shape index (κ1) is 34.9. The van der Waals surface area contributed by atoms with Crippen LogP contribution in [0.5, 0.6) is 0 Å². The molecular formula is C34H47N9O5. The number of ether oxygens (including phenoxy) is 2. The van der Waals surface area contributed by atoms with Gasteiger partial charge in [0.05, 0.1) is 24.7 Å². The monoisotopic (exact) mass is 661 g/mol. The molecule has 1 aliphatic heterocycles. The lowest BCUT2D eigenvalue weighted by atomic mass is 9.96. The highest BCUT2D eigenvalue weighted by atomic mass is 16.6. The lowest BCUT2D eigenvalue weighted by molar-refractivity contribution is -0.384. The molecule has 0 radical (unpaired) electrons. The van der Waals surface area contributed by atoms with Crippen molar-refractivity contribution in [3.05, 3.63) is 64.2 Å². The molecule has 2 aliphatic rings. The van der Waals surface area contributed by atoms with Gasteiger partial charge < -0.3 is 35.6 Å². The van der Waals surface area contributed by atoms with Gasteiger partial charge in [-0.2, -0.15) is 15.0 Å². The van der Waals surface area contributed by atoms with Gasteiger partial charge >= 0.3 is 0 Å². The molecule has 2 heterocycles. The summed E-state index contributed by atoms with van der Waals surface area (Å²) in [4.78, 5) is 41.9. The fourth-order valence-electron chi connectivity index (χ4n) is 5.93. The smallest absolute Gasteiger partial charge is 0.269 e. The minimum atomic E-state index is -0.382. The summed E-state index contributed by atoms with van der Waals surface area (Å²) in [7, 11) is 0. The van der Waals surface area contributed by atoms with Gasteiger partial charge in [-0.25, -0.2) is 0 Å². The first-order chi connectivity index (χ1) is 23.5. The summed E-state index contributed by atoms with van der Waals surface area (Å²) in [6.07, 6.45) is 7.35. The maximum Gasteiger partial charge on any atom is 0.269 e. The molecule has 14 heteroatoms. The number of rotatable bonds is 18. The number of carbonyl (C=O) groups is 1. The number of nitrogens with one attached hydrogen (secondary N) is 2. The number of hydrogen-bond donors (Lipinski definition) is 3. The van der Waals surface area contributed by atoms with Gasteiger partial charge in [0.15, 0.2) is 0 Å². The lowest BCUT2D eigenvalue weighted by Gasteiger charge is -2.36. The fourth-order valence-corrected chi connectivity index (χ4v) is 5.93. The predicted octanol–water partition coefficient (Wildman–Crippen LogP) is 4.48. The van der Waals surface area contributed by atoms with Crippen molar-refractivity contribution in [2.24, 2.45) is 5.73 Å². The highest BCUT2D eigenvalue weighted by Crippen LogP contribution is 2.25. The Kier molecular flexibility index (Phi) is 13.3. The molecule has 258 valence electrons. The third-order valence-corrected chi connectivity index (χ3v) is 8.54. The molecule has 0 spiro atoms. The molecule has 1 saturated carbocycles. The van der Waals surface area contributed by atoms with Gasteiger partial charge in [-0.3, -0.25) is 14.9 Å². The van der Waals surface area contributed by atoms with Crippen LogP contribution in [0.2, 0.25) is 0 Å². The molecule has 2 fully saturated rings. The van der Waals surface area contributed by atoms with Crippen LogP contribution in [0.15, 0.2) is 48.5 Å². The maximum absolute atomic E-state index is 12.5. The van der Waals surface area contributed by atoms with Crippen LogP contribution in [0.25, 0.3) is 0 Å². The number of anilines is 5. The second-order valence-electron chi connectivity index (χ2n) is 12.2. The van der Waals surface area contributed by atoms with Crippen molar-refractivity contribution in [1.82, 2.24) is 15.0 Å². The topological polar surface area (TPSA) is 174 Å². The zero-order valence-corrected chi connectivity index (χ0v) is 27.5. The number of Topliss-reactive ketones (excluding diaryl/α,β-unsaturated/α-hetero) is 1. The predicted molar refractivity (Wildman–Crippen MR) is 186 cm³/mol. The van der Waals surface area contributed by atoms with Gasteiger partial charge in [-0.15, -0.1) is 0 Å². The van der Waals surface area contributed by atoms with Crippen LogP contribution < -0.4 is 26.2 Å². The first-order valence-electron chi connectivity index (χ1n) is 17.0. The Morgan fingerprint density at radius 2 is 1.52 bits per heavy atom. The van der Waals surface area contributed by atoms with E-state index in [4.69, 9.17) is 30.2 Å². The molecule has 0 atom stereocenters. The quantitative estimate of drug-likeness (QED) is 0.0990. The minimum absolute atomic E-state index is 0.0853. The van der Waals surface area contributed by atoms with Gasteiger partial charge in [-0.1, -0.05) is 31.4 Å². The van der Waals surface area contributed by atoms with E-state index in [0.717, 1.165) is 42.9 Å². The van der Waals surface area contributed by atoms with E-state index in [-0.39, 0.29) is 16.4 Å². The van der Waals surface area contributed by atoms with Gasteiger partial charge in [-0.05, 0) is 49.1 Å². The SMILES string of the molecule is NCCOCCOCCCC(=O)Cc1ccc(Nc2nc(NC3CCCCC3)nc(N3CCN(c4ccc([N+](=O)[O-])cc4)CC3)n2)cc1. The zero-order chi connectivity index (χ0) is 33.6. The summed E-state index contributed by atoms with van der Waals surface area (Å²) in [6, 6.07) is 14.8. The van der Waals surface area contributed by atoms with Crippen molar-refractivity contribution in [2.75, 3.05) is 79.6 Å². The van der Waals surface area contributed by atoms with Crippen LogP contribution in [-0.4, -0.2) is 90.9 Å². The second-order valence-corrected chi connectivity index (χ2v) is 12.2. The highest BCUT2D eigenvalue weighted by molar-refractivity contribution is 5.81. The molecule has 0 unspecified atom stereocenters. The summed E-state index contributed by atoms with van der Waals surface area (Å²) >= 11 is 0. The number of nitrogens with zero attached hydrogens (tertiary/aromatic N) is 6. The van der Waals surface area contributed by atoms with E-state index in [1.165, 1.54) is 19.3 Å². The van der Waals surface area contributed by atoms with Crippen molar-refractivity contribution < 1.29 is 19.2 Å². The largest absolute Gasteiger partial charge is 0.379 e. The molecule has 0 bridgehead atoms.